The fourth-order valence-corrected chi connectivity index (χ4v) is 3.45. The lowest BCUT2D eigenvalue weighted by Crippen LogP contribution is -2.56. The molecule has 2 saturated heterocycles. The largest absolute Gasteiger partial charge is 0.388 e. The summed E-state index contributed by atoms with van der Waals surface area (Å²) in [6, 6.07) is 2.66. The second kappa shape index (κ2) is 6.37. The number of hydrogen-bond donors (Lipinski definition) is 2. The van der Waals surface area contributed by atoms with Gasteiger partial charge in [0, 0.05) is 32.0 Å². The Labute approximate surface area is 138 Å². The number of carbonyl (C=O) groups is 2. The quantitative estimate of drug-likeness (QED) is 0.742. The van der Waals surface area contributed by atoms with E-state index in [1.807, 2.05) is 0 Å². The van der Waals surface area contributed by atoms with Crippen LogP contribution in [0.4, 0.5) is 0 Å². The van der Waals surface area contributed by atoms with Crippen LogP contribution in [0.2, 0.25) is 0 Å². The minimum absolute atomic E-state index is 0.188. The van der Waals surface area contributed by atoms with Crippen molar-refractivity contribution in [1.82, 2.24) is 9.47 Å². The zero-order chi connectivity index (χ0) is 17.3. The smallest absolute Gasteiger partial charge is 0.255 e. The molecule has 0 aliphatic carbocycles. The molecule has 2 fully saturated rings. The number of carbonyl (C=O) groups excluding carboxylic acids is 2. The molecule has 0 saturated carbocycles. The Balaban J connectivity index is 1.75. The van der Waals surface area contributed by atoms with Crippen LogP contribution in [-0.2, 0) is 16.1 Å². The van der Waals surface area contributed by atoms with Crippen LogP contribution in [0.5, 0.6) is 0 Å². The zero-order valence-corrected chi connectivity index (χ0v) is 13.3. The van der Waals surface area contributed by atoms with Crippen molar-refractivity contribution in [1.29, 1.82) is 0 Å². The standard InChI is InChI=1S/C16H21N3O5/c17-13(21)10-19-8-11(2-3-14(19)22)15(23)18-6-5-16(12(20)9-18)4-1-7-24-16/h2-3,8,12,20H,1,4-7,9-10H2,(H2,17,21)/t12-,16-/m0/s1. The summed E-state index contributed by atoms with van der Waals surface area (Å²) in [6.45, 7) is 1.03. The summed E-state index contributed by atoms with van der Waals surface area (Å²) in [5.74, 6) is -0.949. The number of amides is 2. The highest BCUT2D eigenvalue weighted by Crippen LogP contribution is 2.36. The van der Waals surface area contributed by atoms with Crippen LogP contribution in [0.1, 0.15) is 29.6 Å². The number of ether oxygens (including phenoxy) is 1. The second-order valence-corrected chi connectivity index (χ2v) is 6.38. The molecule has 0 aromatic carbocycles. The average molecular weight is 335 g/mol. The Morgan fingerprint density at radius 2 is 2.17 bits per heavy atom. The lowest BCUT2D eigenvalue weighted by Gasteiger charge is -2.42. The normalized spacial score (nSPS) is 26.7. The van der Waals surface area contributed by atoms with Gasteiger partial charge in [-0.15, -0.1) is 0 Å². The van der Waals surface area contributed by atoms with Crippen LogP contribution in [0.15, 0.2) is 23.1 Å². The Kier molecular flexibility index (Phi) is 4.42. The summed E-state index contributed by atoms with van der Waals surface area (Å²) in [5, 5.41) is 10.4. The molecule has 1 spiro atoms. The lowest BCUT2D eigenvalue weighted by atomic mass is 9.86. The molecule has 130 valence electrons. The van der Waals surface area contributed by atoms with Gasteiger partial charge >= 0.3 is 0 Å². The van der Waals surface area contributed by atoms with Crippen molar-refractivity contribution in [2.45, 2.75) is 37.5 Å². The topological polar surface area (TPSA) is 115 Å². The maximum absolute atomic E-state index is 12.6. The van der Waals surface area contributed by atoms with Gasteiger partial charge < -0.3 is 25.0 Å². The molecule has 3 rings (SSSR count). The Morgan fingerprint density at radius 3 is 2.79 bits per heavy atom. The molecule has 0 unspecified atom stereocenters. The molecule has 3 N–H and O–H groups in total. The van der Waals surface area contributed by atoms with Gasteiger partial charge in [0.2, 0.25) is 5.91 Å². The summed E-state index contributed by atoms with van der Waals surface area (Å²) < 4.78 is 6.83. The molecule has 1 aromatic heterocycles. The van der Waals surface area contributed by atoms with Gasteiger partial charge in [-0.05, 0) is 25.3 Å². The van der Waals surface area contributed by atoms with E-state index in [-0.39, 0.29) is 24.6 Å². The molecule has 0 bridgehead atoms. The first-order chi connectivity index (χ1) is 11.4. The molecule has 8 heteroatoms. The van der Waals surface area contributed by atoms with Gasteiger partial charge in [0.15, 0.2) is 0 Å². The highest BCUT2D eigenvalue weighted by Gasteiger charge is 2.46. The first-order valence-electron chi connectivity index (χ1n) is 8.01. The number of aliphatic hydroxyl groups is 1. The van der Waals surface area contributed by atoms with E-state index in [1.54, 1.807) is 4.90 Å². The van der Waals surface area contributed by atoms with Gasteiger partial charge in [-0.25, -0.2) is 0 Å². The maximum Gasteiger partial charge on any atom is 0.255 e. The van der Waals surface area contributed by atoms with Crippen molar-refractivity contribution >= 4 is 11.8 Å². The third-order valence-electron chi connectivity index (χ3n) is 4.78. The lowest BCUT2D eigenvalue weighted by molar-refractivity contribution is -0.123. The number of pyridine rings is 1. The number of likely N-dealkylation sites (tertiary alicyclic amines) is 1. The molecule has 1 aromatic rings. The number of nitrogens with zero attached hydrogens (tertiary/aromatic N) is 2. The van der Waals surface area contributed by atoms with Crippen LogP contribution in [0.3, 0.4) is 0 Å². The summed E-state index contributed by atoms with van der Waals surface area (Å²) in [5.41, 5.74) is 4.46. The van der Waals surface area contributed by atoms with Gasteiger partial charge in [0.25, 0.3) is 11.5 Å². The van der Waals surface area contributed by atoms with Crippen molar-refractivity contribution in [2.75, 3.05) is 19.7 Å². The minimum atomic E-state index is -0.728. The first kappa shape index (κ1) is 16.7. The number of nitrogens with two attached hydrogens (primary N) is 1. The summed E-state index contributed by atoms with van der Waals surface area (Å²) in [4.78, 5) is 36.9. The summed E-state index contributed by atoms with van der Waals surface area (Å²) >= 11 is 0. The molecular formula is C16H21N3O5. The number of rotatable bonds is 3. The van der Waals surface area contributed by atoms with E-state index in [9.17, 15) is 19.5 Å². The van der Waals surface area contributed by atoms with Crippen molar-refractivity contribution in [3.8, 4) is 0 Å². The minimum Gasteiger partial charge on any atom is -0.388 e. The SMILES string of the molecule is NC(=O)Cn1cc(C(=O)N2CC[C@@]3(CCCO3)[C@@H](O)C2)ccc1=O. The van der Waals surface area contributed by atoms with Crippen LogP contribution < -0.4 is 11.3 Å². The highest BCUT2D eigenvalue weighted by atomic mass is 16.5. The van der Waals surface area contributed by atoms with E-state index in [0.29, 0.717) is 19.6 Å². The molecule has 2 amide bonds. The van der Waals surface area contributed by atoms with E-state index < -0.39 is 23.2 Å². The van der Waals surface area contributed by atoms with E-state index in [4.69, 9.17) is 10.5 Å². The molecule has 3 heterocycles. The maximum atomic E-state index is 12.6. The number of β-amino-alcohol motifs (C(OH)–C–C–N with tert-alkyl or cyclic N) is 1. The van der Waals surface area contributed by atoms with Gasteiger partial charge in [0.1, 0.15) is 12.6 Å². The number of primary amides is 1. The number of aliphatic hydroxyl groups excluding tert-OH is 1. The fraction of sp³-hybridized carbons (Fsp3) is 0.562. The van der Waals surface area contributed by atoms with Crippen molar-refractivity contribution in [2.24, 2.45) is 5.73 Å². The van der Waals surface area contributed by atoms with Crippen LogP contribution in [0, 0.1) is 0 Å². The number of aromatic nitrogens is 1. The van der Waals surface area contributed by atoms with E-state index in [0.717, 1.165) is 17.4 Å². The van der Waals surface area contributed by atoms with E-state index in [1.165, 1.54) is 18.3 Å². The zero-order valence-electron chi connectivity index (χ0n) is 13.3. The fourth-order valence-electron chi connectivity index (χ4n) is 3.45. The molecule has 2 atom stereocenters. The third kappa shape index (κ3) is 3.07. The van der Waals surface area contributed by atoms with Crippen LogP contribution >= 0.6 is 0 Å². The van der Waals surface area contributed by atoms with Gasteiger partial charge in [-0.2, -0.15) is 0 Å². The number of piperidine rings is 1. The Hall–Kier alpha value is -2.19. The molecule has 2 aliphatic rings. The van der Waals surface area contributed by atoms with Crippen LogP contribution in [-0.4, -0.2) is 57.8 Å². The average Bonchev–Trinajstić information content (AvgIpc) is 3.01. The van der Waals surface area contributed by atoms with Crippen LogP contribution in [0.25, 0.3) is 0 Å². The van der Waals surface area contributed by atoms with E-state index >= 15 is 0 Å². The predicted molar refractivity (Wildman–Crippen MR) is 84.3 cm³/mol. The summed E-state index contributed by atoms with van der Waals surface area (Å²) in [7, 11) is 0. The van der Waals surface area contributed by atoms with Gasteiger partial charge in [0.05, 0.1) is 11.2 Å². The van der Waals surface area contributed by atoms with Crippen molar-refractivity contribution in [3.05, 3.63) is 34.2 Å². The Bertz CT molecular complexity index is 708. The van der Waals surface area contributed by atoms with Crippen molar-refractivity contribution < 1.29 is 19.4 Å². The number of hydrogen-bond acceptors (Lipinski definition) is 5. The van der Waals surface area contributed by atoms with Gasteiger partial charge in [-0.1, -0.05) is 0 Å². The highest BCUT2D eigenvalue weighted by molar-refractivity contribution is 5.94. The van der Waals surface area contributed by atoms with E-state index in [2.05, 4.69) is 0 Å². The third-order valence-corrected chi connectivity index (χ3v) is 4.78. The van der Waals surface area contributed by atoms with Crippen molar-refractivity contribution in [3.63, 3.8) is 0 Å². The second-order valence-electron chi connectivity index (χ2n) is 6.38. The summed E-state index contributed by atoms with van der Waals surface area (Å²) in [6.07, 6.45) is 2.91. The molecule has 2 aliphatic heterocycles. The molecular weight excluding hydrogens is 314 g/mol. The predicted octanol–water partition coefficient (Wildman–Crippen LogP) is -0.910. The monoisotopic (exact) mass is 335 g/mol. The first-order valence-corrected chi connectivity index (χ1v) is 8.01. The molecule has 8 nitrogen and oxygen atoms in total. The van der Waals surface area contributed by atoms with Gasteiger partial charge in [-0.3, -0.25) is 14.4 Å². The molecule has 0 radical (unpaired) electrons. The Morgan fingerprint density at radius 1 is 1.38 bits per heavy atom. The molecule has 24 heavy (non-hydrogen) atoms.